The van der Waals surface area contributed by atoms with Gasteiger partial charge in [-0.25, -0.2) is 4.98 Å². The van der Waals surface area contributed by atoms with Crippen molar-refractivity contribution in [1.82, 2.24) is 4.98 Å². The van der Waals surface area contributed by atoms with Crippen molar-refractivity contribution in [2.24, 2.45) is 5.18 Å². The van der Waals surface area contributed by atoms with Gasteiger partial charge in [-0.05, 0) is 12.1 Å². The Morgan fingerprint density at radius 1 is 1.73 bits per heavy atom. The number of esters is 1. The summed E-state index contributed by atoms with van der Waals surface area (Å²) >= 11 is 0. The van der Waals surface area contributed by atoms with Crippen molar-refractivity contribution in [3.05, 3.63) is 28.2 Å². The van der Waals surface area contributed by atoms with Crippen LogP contribution in [-0.2, 0) is 16.0 Å². The molecule has 0 aliphatic heterocycles. The number of nitroso groups, excluding NO2 is 1. The molecule has 0 saturated carbocycles. The highest BCUT2D eigenvalue weighted by Crippen LogP contribution is 2.11. The van der Waals surface area contributed by atoms with Gasteiger partial charge in [-0.3, -0.25) is 4.79 Å². The van der Waals surface area contributed by atoms with E-state index in [2.05, 4.69) is 14.9 Å². The highest BCUT2D eigenvalue weighted by molar-refractivity contribution is 5.72. The first-order chi connectivity index (χ1) is 7.19. The molecule has 0 saturated heterocycles. The lowest BCUT2D eigenvalue weighted by Crippen LogP contribution is -2.33. The van der Waals surface area contributed by atoms with Crippen LogP contribution in [0, 0.1) is 10.1 Å². The lowest BCUT2D eigenvalue weighted by Gasteiger charge is -2.04. The van der Waals surface area contributed by atoms with Crippen molar-refractivity contribution in [1.29, 1.82) is 0 Å². The smallest absolute Gasteiger partial charge is 0.316 e. The number of carbonyl (C=O) groups excluding carboxylic acids is 1. The van der Waals surface area contributed by atoms with Gasteiger partial charge in [0.15, 0.2) is 6.20 Å². The number of hydrogen-bond donors (Lipinski definition) is 0. The summed E-state index contributed by atoms with van der Waals surface area (Å²) in [5.74, 6) is -0.888. The van der Waals surface area contributed by atoms with Crippen LogP contribution in [0.3, 0.4) is 0 Å². The van der Waals surface area contributed by atoms with Crippen LogP contribution in [0.2, 0.25) is 0 Å². The monoisotopic (exact) mass is 211 g/mol. The van der Waals surface area contributed by atoms with Crippen LogP contribution in [0.1, 0.15) is 12.6 Å². The fraction of sp³-hybridized carbons (Fsp3) is 0.375. The van der Waals surface area contributed by atoms with E-state index >= 15 is 0 Å². The van der Waals surface area contributed by atoms with E-state index in [4.69, 9.17) is 0 Å². The van der Waals surface area contributed by atoms with Crippen LogP contribution in [0.4, 0.5) is 5.82 Å². The summed E-state index contributed by atoms with van der Waals surface area (Å²) in [6, 6.07) is 0. The molecular formula is C8H9N3O4. The molecule has 0 N–H and O–H groups in total. The van der Waals surface area contributed by atoms with Gasteiger partial charge in [-0.2, -0.15) is 4.73 Å². The minimum absolute atomic E-state index is 0.106. The fourth-order valence-electron chi connectivity index (χ4n) is 1.01. The molecule has 0 atom stereocenters. The Morgan fingerprint density at radius 3 is 3.07 bits per heavy atom. The molecule has 0 amide bonds. The molecule has 0 radical (unpaired) electrons. The minimum atomic E-state index is -0.597. The largest absolute Gasteiger partial charge is 0.618 e. The van der Waals surface area contributed by atoms with E-state index in [-0.39, 0.29) is 24.5 Å². The zero-order valence-corrected chi connectivity index (χ0v) is 8.04. The minimum Gasteiger partial charge on any atom is -0.618 e. The Hall–Kier alpha value is -2.05. The average Bonchev–Trinajstić information content (AvgIpc) is 2.21. The van der Waals surface area contributed by atoms with Gasteiger partial charge < -0.3 is 9.94 Å². The Labute approximate surface area is 85.3 Å². The average molecular weight is 211 g/mol. The molecular weight excluding hydrogens is 202 g/mol. The number of aromatic nitrogens is 2. The second kappa shape index (κ2) is 4.99. The van der Waals surface area contributed by atoms with E-state index < -0.39 is 5.97 Å². The summed E-state index contributed by atoms with van der Waals surface area (Å²) < 4.78 is 5.01. The normalized spacial score (nSPS) is 9.67. The number of ether oxygens (including phenoxy) is 1. The maximum absolute atomic E-state index is 11.2. The first-order valence-electron chi connectivity index (χ1n) is 4.25. The number of rotatable bonds is 4. The van der Waals surface area contributed by atoms with Crippen LogP contribution < -0.4 is 4.73 Å². The third-order valence-electron chi connectivity index (χ3n) is 1.63. The SMILES string of the molecule is CCOC(=O)Cc1c(N=O)ncc[n+]1[O-]. The molecule has 0 unspecified atom stereocenters. The Morgan fingerprint density at radius 2 is 2.47 bits per heavy atom. The molecule has 0 aliphatic carbocycles. The molecule has 15 heavy (non-hydrogen) atoms. The third kappa shape index (κ3) is 2.70. The first-order valence-corrected chi connectivity index (χ1v) is 4.25. The molecule has 0 aliphatic rings. The predicted octanol–water partition coefficient (Wildman–Crippen LogP) is 0.219. The van der Waals surface area contributed by atoms with Gasteiger partial charge in [-0.15, -0.1) is 4.91 Å². The number of nitrogens with zero attached hydrogens (tertiary/aromatic N) is 3. The number of carbonyl (C=O) groups is 1. The predicted molar refractivity (Wildman–Crippen MR) is 49.0 cm³/mol. The molecule has 7 heteroatoms. The summed E-state index contributed by atoms with van der Waals surface area (Å²) in [6.45, 7) is 1.85. The summed E-state index contributed by atoms with van der Waals surface area (Å²) in [5, 5.41) is 13.8. The Kier molecular flexibility index (Phi) is 3.67. The van der Waals surface area contributed by atoms with Gasteiger partial charge in [0.1, 0.15) is 6.42 Å². The Bertz CT molecular complexity index is 380. The third-order valence-corrected chi connectivity index (χ3v) is 1.63. The summed E-state index contributed by atoms with van der Waals surface area (Å²) in [7, 11) is 0. The molecule has 0 fully saturated rings. The molecule has 1 rings (SSSR count). The first kappa shape index (κ1) is 11.0. The van der Waals surface area contributed by atoms with Crippen molar-refractivity contribution < 1.29 is 14.3 Å². The van der Waals surface area contributed by atoms with Gasteiger partial charge in [0, 0.05) is 0 Å². The van der Waals surface area contributed by atoms with E-state index in [0.29, 0.717) is 4.73 Å². The van der Waals surface area contributed by atoms with Gasteiger partial charge in [0.25, 0.3) is 11.5 Å². The van der Waals surface area contributed by atoms with Gasteiger partial charge in [-0.1, -0.05) is 0 Å². The van der Waals surface area contributed by atoms with Gasteiger partial charge in [0.05, 0.1) is 12.8 Å². The summed E-state index contributed by atoms with van der Waals surface area (Å²) in [5.41, 5.74) is -0.106. The molecule has 0 aromatic carbocycles. The molecule has 1 aromatic heterocycles. The van der Waals surface area contributed by atoms with E-state index in [1.54, 1.807) is 6.92 Å². The second-order valence-corrected chi connectivity index (χ2v) is 2.60. The standard InChI is InChI=1S/C8H9N3O4/c1-2-15-7(12)5-6-8(10-13)9-3-4-11(6)14/h3-4H,2,5H2,1H3. The van der Waals surface area contributed by atoms with Gasteiger partial charge >= 0.3 is 5.97 Å². The van der Waals surface area contributed by atoms with Crippen LogP contribution in [0.5, 0.6) is 0 Å². The van der Waals surface area contributed by atoms with E-state index in [1.807, 2.05) is 0 Å². The zero-order valence-electron chi connectivity index (χ0n) is 8.04. The number of hydrogen-bond acceptors (Lipinski definition) is 6. The van der Waals surface area contributed by atoms with Gasteiger partial charge in [0.2, 0.25) is 0 Å². The second-order valence-electron chi connectivity index (χ2n) is 2.60. The molecule has 80 valence electrons. The molecule has 0 spiro atoms. The van der Waals surface area contributed by atoms with Crippen molar-refractivity contribution in [3.63, 3.8) is 0 Å². The lowest BCUT2D eigenvalue weighted by atomic mass is 10.3. The van der Waals surface area contributed by atoms with E-state index in [9.17, 15) is 14.9 Å². The summed E-state index contributed by atoms with van der Waals surface area (Å²) in [6.07, 6.45) is 1.91. The quantitative estimate of drug-likeness (QED) is 0.307. The van der Waals surface area contributed by atoms with Crippen molar-refractivity contribution >= 4 is 11.8 Å². The molecule has 0 bridgehead atoms. The fourth-order valence-corrected chi connectivity index (χ4v) is 1.01. The maximum atomic E-state index is 11.2. The summed E-state index contributed by atoms with van der Waals surface area (Å²) in [4.78, 5) is 25.0. The van der Waals surface area contributed by atoms with Crippen molar-refractivity contribution in [2.45, 2.75) is 13.3 Å². The zero-order chi connectivity index (χ0) is 11.3. The Balaban J connectivity index is 2.92. The maximum Gasteiger partial charge on any atom is 0.316 e. The van der Waals surface area contributed by atoms with Crippen LogP contribution in [0.25, 0.3) is 0 Å². The molecule has 1 heterocycles. The van der Waals surface area contributed by atoms with Crippen molar-refractivity contribution in [3.8, 4) is 0 Å². The topological polar surface area (TPSA) is 95.6 Å². The van der Waals surface area contributed by atoms with Crippen LogP contribution in [0.15, 0.2) is 17.6 Å². The van der Waals surface area contributed by atoms with E-state index in [0.717, 1.165) is 12.4 Å². The lowest BCUT2D eigenvalue weighted by molar-refractivity contribution is -0.613. The molecule has 1 aromatic rings. The van der Waals surface area contributed by atoms with Crippen LogP contribution >= 0.6 is 0 Å². The molecule has 7 nitrogen and oxygen atoms in total. The highest BCUT2D eigenvalue weighted by Gasteiger charge is 2.19. The van der Waals surface area contributed by atoms with E-state index in [1.165, 1.54) is 0 Å². The van der Waals surface area contributed by atoms with Crippen molar-refractivity contribution in [2.75, 3.05) is 6.61 Å². The van der Waals surface area contributed by atoms with Crippen LogP contribution in [-0.4, -0.2) is 17.6 Å². The highest BCUT2D eigenvalue weighted by atomic mass is 16.5.